The van der Waals surface area contributed by atoms with Crippen LogP contribution in [-0.4, -0.2) is 54.9 Å². The number of imide groups is 2. The number of urea groups is 1. The van der Waals surface area contributed by atoms with E-state index in [9.17, 15) is 24.0 Å². The van der Waals surface area contributed by atoms with E-state index in [2.05, 4.69) is 10.6 Å². The van der Waals surface area contributed by atoms with Gasteiger partial charge in [-0.15, -0.1) is 0 Å². The lowest BCUT2D eigenvalue weighted by atomic mass is 9.87. The molecule has 2 aromatic rings. The van der Waals surface area contributed by atoms with Crippen molar-refractivity contribution in [1.82, 2.24) is 15.5 Å². The number of ether oxygens (including phenoxy) is 2. The minimum atomic E-state index is -1.28. The second-order valence-electron chi connectivity index (χ2n) is 7.21. The van der Waals surface area contributed by atoms with E-state index in [1.165, 1.54) is 19.2 Å². The molecule has 3 rings (SSSR count). The monoisotopic (exact) mass is 453 g/mol. The first-order valence-electron chi connectivity index (χ1n) is 10.1. The number of methoxy groups -OCH3 is 1. The minimum absolute atomic E-state index is 0.214. The molecule has 172 valence electrons. The van der Waals surface area contributed by atoms with E-state index in [4.69, 9.17) is 9.47 Å². The van der Waals surface area contributed by atoms with Crippen LogP contribution in [0.3, 0.4) is 0 Å². The van der Waals surface area contributed by atoms with Crippen molar-refractivity contribution in [2.75, 3.05) is 20.3 Å². The summed E-state index contributed by atoms with van der Waals surface area (Å²) in [5, 5.41) is 4.74. The van der Waals surface area contributed by atoms with Gasteiger partial charge in [-0.1, -0.05) is 37.3 Å². The van der Waals surface area contributed by atoms with Crippen LogP contribution in [0.5, 0.6) is 5.75 Å². The Hall–Kier alpha value is -4.21. The van der Waals surface area contributed by atoms with Crippen LogP contribution in [0.15, 0.2) is 54.6 Å². The molecule has 0 aromatic heterocycles. The van der Waals surface area contributed by atoms with E-state index in [0.29, 0.717) is 11.3 Å². The number of carbonyl (C=O) groups is 5. The fraction of sp³-hybridized carbons (Fsp3) is 0.261. The molecule has 0 saturated carbocycles. The third kappa shape index (κ3) is 5.00. The molecule has 1 fully saturated rings. The van der Waals surface area contributed by atoms with Crippen molar-refractivity contribution in [1.29, 1.82) is 0 Å². The van der Waals surface area contributed by atoms with Gasteiger partial charge in [-0.25, -0.2) is 4.79 Å². The molecular weight excluding hydrogens is 430 g/mol. The average Bonchev–Trinajstić information content (AvgIpc) is 3.08. The quantitative estimate of drug-likeness (QED) is 0.456. The standard InChI is InChI=1S/C23H23N3O7/c1-3-23(16-7-5-4-6-8-16)21(30)26(22(31)25-23)13-19(28)33-14-18(27)24-20(29)15-9-11-17(32-2)12-10-15/h4-12H,3,13-14H2,1-2H3,(H,25,31)(H,24,27,29). The van der Waals surface area contributed by atoms with Crippen molar-refractivity contribution in [3.63, 3.8) is 0 Å². The van der Waals surface area contributed by atoms with Gasteiger partial charge >= 0.3 is 12.0 Å². The molecule has 10 heteroatoms. The first-order valence-corrected chi connectivity index (χ1v) is 10.1. The maximum Gasteiger partial charge on any atom is 0.326 e. The normalized spacial score (nSPS) is 17.3. The van der Waals surface area contributed by atoms with Gasteiger partial charge in [0, 0.05) is 5.56 Å². The Labute approximate surface area is 189 Å². The highest BCUT2D eigenvalue weighted by atomic mass is 16.5. The average molecular weight is 453 g/mol. The van der Waals surface area contributed by atoms with Crippen molar-refractivity contribution >= 4 is 29.7 Å². The highest BCUT2D eigenvalue weighted by Gasteiger charge is 2.51. The first kappa shape index (κ1) is 23.5. The topological polar surface area (TPSA) is 131 Å². The summed E-state index contributed by atoms with van der Waals surface area (Å²) in [5.41, 5.74) is -0.467. The second kappa shape index (κ2) is 9.94. The fourth-order valence-corrected chi connectivity index (χ4v) is 3.43. The molecule has 0 aliphatic carbocycles. The second-order valence-corrected chi connectivity index (χ2v) is 7.21. The zero-order valence-electron chi connectivity index (χ0n) is 18.1. The molecule has 1 unspecified atom stereocenters. The van der Waals surface area contributed by atoms with Crippen molar-refractivity contribution in [3.8, 4) is 5.75 Å². The minimum Gasteiger partial charge on any atom is -0.497 e. The molecule has 1 saturated heterocycles. The molecule has 10 nitrogen and oxygen atoms in total. The van der Waals surface area contributed by atoms with Crippen LogP contribution >= 0.6 is 0 Å². The van der Waals surface area contributed by atoms with Gasteiger partial charge in [-0.05, 0) is 36.2 Å². The molecule has 1 atom stereocenters. The van der Waals surface area contributed by atoms with E-state index in [0.717, 1.165) is 4.90 Å². The third-order valence-electron chi connectivity index (χ3n) is 5.23. The maximum absolute atomic E-state index is 13.0. The molecule has 2 aromatic carbocycles. The lowest BCUT2D eigenvalue weighted by molar-refractivity contribution is -0.151. The fourth-order valence-electron chi connectivity index (χ4n) is 3.43. The van der Waals surface area contributed by atoms with Gasteiger partial charge in [0.2, 0.25) is 0 Å². The number of nitrogens with zero attached hydrogens (tertiary/aromatic N) is 1. The Morgan fingerprint density at radius 1 is 1.03 bits per heavy atom. The van der Waals surface area contributed by atoms with Crippen molar-refractivity contribution in [2.24, 2.45) is 0 Å². The molecule has 2 N–H and O–H groups in total. The lowest BCUT2D eigenvalue weighted by Crippen LogP contribution is -2.44. The van der Waals surface area contributed by atoms with Crippen LogP contribution in [-0.2, 0) is 24.7 Å². The smallest absolute Gasteiger partial charge is 0.326 e. The number of carbonyl (C=O) groups excluding carboxylic acids is 5. The predicted octanol–water partition coefficient (Wildman–Crippen LogP) is 1.35. The van der Waals surface area contributed by atoms with Crippen molar-refractivity contribution < 1.29 is 33.4 Å². The van der Waals surface area contributed by atoms with Crippen LogP contribution in [0, 0.1) is 0 Å². The Morgan fingerprint density at radius 3 is 2.30 bits per heavy atom. The zero-order valence-corrected chi connectivity index (χ0v) is 18.1. The largest absolute Gasteiger partial charge is 0.497 e. The highest BCUT2D eigenvalue weighted by molar-refractivity contribution is 6.09. The van der Waals surface area contributed by atoms with Gasteiger partial charge in [0.15, 0.2) is 6.61 Å². The van der Waals surface area contributed by atoms with Crippen molar-refractivity contribution in [2.45, 2.75) is 18.9 Å². The first-order chi connectivity index (χ1) is 15.8. The Morgan fingerprint density at radius 2 is 1.70 bits per heavy atom. The molecule has 0 spiro atoms. The molecule has 1 aliphatic rings. The third-order valence-corrected chi connectivity index (χ3v) is 5.23. The number of hydrogen-bond donors (Lipinski definition) is 2. The number of esters is 1. The number of amides is 5. The van der Waals surface area contributed by atoms with E-state index in [1.54, 1.807) is 49.4 Å². The lowest BCUT2D eigenvalue weighted by Gasteiger charge is -2.25. The van der Waals surface area contributed by atoms with E-state index in [1.807, 2.05) is 0 Å². The summed E-state index contributed by atoms with van der Waals surface area (Å²) in [6, 6.07) is 14.0. The van der Waals surface area contributed by atoms with Gasteiger partial charge in [0.05, 0.1) is 7.11 Å². The van der Waals surface area contributed by atoms with Gasteiger partial charge in [-0.2, -0.15) is 0 Å². The molecular formula is C23H23N3O7. The van der Waals surface area contributed by atoms with E-state index < -0.39 is 48.4 Å². The number of nitrogens with one attached hydrogen (secondary N) is 2. The van der Waals surface area contributed by atoms with Gasteiger partial charge < -0.3 is 14.8 Å². The molecule has 0 bridgehead atoms. The van der Waals surface area contributed by atoms with Crippen LogP contribution in [0.1, 0.15) is 29.3 Å². The SMILES string of the molecule is CCC1(c2ccccc2)NC(=O)N(CC(=O)OCC(=O)NC(=O)c2ccc(OC)cc2)C1=O. The van der Waals surface area contributed by atoms with Gasteiger partial charge in [0.1, 0.15) is 17.8 Å². The molecule has 1 aliphatic heterocycles. The zero-order chi connectivity index (χ0) is 24.0. The number of hydrogen-bond acceptors (Lipinski definition) is 7. The van der Waals surface area contributed by atoms with Crippen molar-refractivity contribution in [3.05, 3.63) is 65.7 Å². The summed E-state index contributed by atoms with van der Waals surface area (Å²) in [7, 11) is 1.48. The molecule has 1 heterocycles. The summed E-state index contributed by atoms with van der Waals surface area (Å²) < 4.78 is 9.84. The van der Waals surface area contributed by atoms with E-state index in [-0.39, 0.29) is 12.0 Å². The Balaban J connectivity index is 1.55. The molecule has 33 heavy (non-hydrogen) atoms. The summed E-state index contributed by atoms with van der Waals surface area (Å²) in [6.07, 6.45) is 0.281. The predicted molar refractivity (Wildman–Crippen MR) is 115 cm³/mol. The maximum atomic E-state index is 13.0. The summed E-state index contributed by atoms with van der Waals surface area (Å²) in [6.45, 7) is 0.331. The highest BCUT2D eigenvalue weighted by Crippen LogP contribution is 2.32. The van der Waals surface area contributed by atoms with Crippen LogP contribution in [0.25, 0.3) is 0 Å². The number of rotatable bonds is 8. The number of benzene rings is 2. The summed E-state index contributed by atoms with van der Waals surface area (Å²) in [4.78, 5) is 62.4. The summed E-state index contributed by atoms with van der Waals surface area (Å²) >= 11 is 0. The Bertz CT molecular complexity index is 1070. The summed E-state index contributed by atoms with van der Waals surface area (Å²) in [5.74, 6) is -2.54. The van der Waals surface area contributed by atoms with Crippen LogP contribution in [0.4, 0.5) is 4.79 Å². The molecule has 0 radical (unpaired) electrons. The molecule has 5 amide bonds. The van der Waals surface area contributed by atoms with Gasteiger partial charge in [-0.3, -0.25) is 29.4 Å². The van der Waals surface area contributed by atoms with Gasteiger partial charge in [0.25, 0.3) is 17.7 Å². The van der Waals surface area contributed by atoms with E-state index >= 15 is 0 Å². The van der Waals surface area contributed by atoms with Crippen LogP contribution < -0.4 is 15.4 Å². The Kier molecular flexibility index (Phi) is 7.07. The van der Waals surface area contributed by atoms with Crippen LogP contribution in [0.2, 0.25) is 0 Å².